The van der Waals surface area contributed by atoms with E-state index in [4.69, 9.17) is 0 Å². The van der Waals surface area contributed by atoms with Crippen LogP contribution in [-0.2, 0) is 25.6 Å². The minimum Gasteiger partial charge on any atom is -0.331 e. The number of aryl methyl sites for hydroxylation is 2. The van der Waals surface area contributed by atoms with E-state index in [0.717, 1.165) is 29.5 Å². The van der Waals surface area contributed by atoms with Gasteiger partial charge in [0.15, 0.2) is 15.1 Å². The second-order valence-corrected chi connectivity index (χ2v) is 10.7. The highest BCUT2D eigenvalue weighted by Gasteiger charge is 2.39. The summed E-state index contributed by atoms with van der Waals surface area (Å²) in [7, 11) is -3.93. The second kappa shape index (κ2) is 9.74. The zero-order valence-corrected chi connectivity index (χ0v) is 19.3. The molecule has 3 rings (SSSR count). The third-order valence-electron chi connectivity index (χ3n) is 4.93. The summed E-state index contributed by atoms with van der Waals surface area (Å²) in [6, 6.07) is 9.23. The highest BCUT2D eigenvalue weighted by Crippen LogP contribution is 2.30. The predicted molar refractivity (Wildman–Crippen MR) is 119 cm³/mol. The lowest BCUT2D eigenvalue weighted by molar-refractivity contribution is -0.137. The van der Waals surface area contributed by atoms with Crippen LogP contribution in [0.4, 0.5) is 18.9 Å². The number of alkyl halides is 3. The van der Waals surface area contributed by atoms with Gasteiger partial charge in [0.1, 0.15) is 5.50 Å². The molecule has 1 saturated heterocycles. The van der Waals surface area contributed by atoms with Crippen LogP contribution >= 0.6 is 11.8 Å². The summed E-state index contributed by atoms with van der Waals surface area (Å²) < 4.78 is 64.4. The van der Waals surface area contributed by atoms with Crippen molar-refractivity contribution >= 4 is 39.1 Å². The van der Waals surface area contributed by atoms with Crippen molar-refractivity contribution < 1.29 is 31.2 Å². The number of halogens is 3. The predicted octanol–water partition coefficient (Wildman–Crippen LogP) is 2.84. The van der Waals surface area contributed by atoms with E-state index in [1.165, 1.54) is 18.2 Å². The van der Waals surface area contributed by atoms with Crippen molar-refractivity contribution in [2.24, 2.45) is 0 Å². The van der Waals surface area contributed by atoms with E-state index < -0.39 is 44.1 Å². The van der Waals surface area contributed by atoms with Gasteiger partial charge in [-0.25, -0.2) is 8.42 Å². The molecule has 1 fully saturated rings. The maximum absolute atomic E-state index is 13.0. The fraction of sp³-hybridized carbons (Fsp3) is 0.333. The number of carbonyl (C=O) groups excluding carboxylic acids is 2. The molecule has 178 valence electrons. The van der Waals surface area contributed by atoms with Crippen molar-refractivity contribution in [2.75, 3.05) is 17.6 Å². The van der Waals surface area contributed by atoms with Crippen molar-refractivity contribution in [1.29, 1.82) is 0 Å². The molecule has 1 aliphatic rings. The normalized spacial score (nSPS) is 19.1. The van der Waals surface area contributed by atoms with E-state index in [0.29, 0.717) is 5.56 Å². The number of rotatable bonds is 6. The Bertz CT molecular complexity index is 1170. The lowest BCUT2D eigenvalue weighted by Crippen LogP contribution is -2.59. The van der Waals surface area contributed by atoms with Crippen molar-refractivity contribution in [3.05, 3.63) is 59.2 Å². The summed E-state index contributed by atoms with van der Waals surface area (Å²) in [6.07, 6.45) is -4.53. The Morgan fingerprint density at radius 3 is 2.58 bits per heavy atom. The van der Waals surface area contributed by atoms with Gasteiger partial charge in [-0.1, -0.05) is 18.2 Å². The highest BCUT2D eigenvalue weighted by molar-refractivity contribution is 8.00. The number of hydrogen-bond acceptors (Lipinski definition) is 6. The molecule has 0 saturated carbocycles. The van der Waals surface area contributed by atoms with E-state index >= 15 is 0 Å². The maximum Gasteiger partial charge on any atom is 0.416 e. The first kappa shape index (κ1) is 25.1. The fourth-order valence-corrected chi connectivity index (χ4v) is 5.87. The Morgan fingerprint density at radius 1 is 1.18 bits per heavy atom. The zero-order chi connectivity index (χ0) is 24.4. The van der Waals surface area contributed by atoms with Crippen LogP contribution < -0.4 is 16.0 Å². The summed E-state index contributed by atoms with van der Waals surface area (Å²) in [5.41, 5.74) is -0.324. The van der Waals surface area contributed by atoms with Crippen LogP contribution in [0.25, 0.3) is 0 Å². The Kier molecular flexibility index (Phi) is 7.39. The molecule has 2 atom stereocenters. The third kappa shape index (κ3) is 6.06. The standard InChI is InChI=1S/C21H22F3N3O4S2/c1-12-6-7-13(2)16(8-12)33(30,31)17-10-25-20(27-19(17)29)32-11-18(28)26-15-5-3-4-14(9-15)21(22,23)24/h3-9,17,20,25H,10-11H2,1-2H3,(H,26,28)(H,27,29). The maximum atomic E-state index is 13.0. The molecule has 0 spiro atoms. The summed E-state index contributed by atoms with van der Waals surface area (Å²) in [4.78, 5) is 24.8. The molecule has 33 heavy (non-hydrogen) atoms. The molecule has 2 unspecified atom stereocenters. The molecule has 2 aromatic rings. The van der Waals surface area contributed by atoms with Crippen molar-refractivity contribution in [3.8, 4) is 0 Å². The second-order valence-electron chi connectivity index (χ2n) is 7.54. The summed E-state index contributed by atoms with van der Waals surface area (Å²) in [6.45, 7) is 3.27. The van der Waals surface area contributed by atoms with Crippen LogP contribution in [0, 0.1) is 13.8 Å². The SMILES string of the molecule is Cc1ccc(C)c(S(=O)(=O)C2CNC(SCC(=O)Nc3cccc(C(F)(F)F)c3)NC2=O)c1. The zero-order valence-electron chi connectivity index (χ0n) is 17.7. The van der Waals surface area contributed by atoms with Crippen LogP contribution in [0.3, 0.4) is 0 Å². The minimum atomic E-state index is -4.53. The van der Waals surface area contributed by atoms with Gasteiger partial charge in [-0.2, -0.15) is 13.2 Å². The van der Waals surface area contributed by atoms with Crippen molar-refractivity contribution in [2.45, 2.75) is 35.7 Å². The van der Waals surface area contributed by atoms with Gasteiger partial charge in [0.05, 0.1) is 16.2 Å². The smallest absolute Gasteiger partial charge is 0.331 e. The molecule has 0 aromatic heterocycles. The first-order valence-corrected chi connectivity index (χ1v) is 12.4. The number of sulfone groups is 1. The number of carbonyl (C=O) groups is 2. The molecule has 12 heteroatoms. The van der Waals surface area contributed by atoms with Crippen LogP contribution in [0.1, 0.15) is 16.7 Å². The topological polar surface area (TPSA) is 104 Å². The number of nitrogens with one attached hydrogen (secondary N) is 3. The molecule has 0 radical (unpaired) electrons. The molecule has 2 aromatic carbocycles. The van der Waals surface area contributed by atoms with Gasteiger partial charge in [0, 0.05) is 12.2 Å². The van der Waals surface area contributed by atoms with E-state index in [9.17, 15) is 31.2 Å². The minimum absolute atomic E-state index is 0.00394. The molecule has 2 amide bonds. The summed E-state index contributed by atoms with van der Waals surface area (Å²) >= 11 is 0.980. The van der Waals surface area contributed by atoms with Gasteiger partial charge in [-0.15, -0.1) is 11.8 Å². The number of thioether (sulfide) groups is 1. The van der Waals surface area contributed by atoms with E-state index in [1.807, 2.05) is 0 Å². The molecule has 0 aliphatic carbocycles. The Labute approximate surface area is 193 Å². The Morgan fingerprint density at radius 2 is 1.91 bits per heavy atom. The first-order chi connectivity index (χ1) is 15.4. The summed E-state index contributed by atoms with van der Waals surface area (Å²) in [5.74, 6) is -1.44. The number of anilines is 1. The van der Waals surface area contributed by atoms with Crippen LogP contribution in [0.2, 0.25) is 0 Å². The summed E-state index contributed by atoms with van der Waals surface area (Å²) in [5, 5.41) is 6.46. The first-order valence-electron chi connectivity index (χ1n) is 9.81. The van der Waals surface area contributed by atoms with Crippen LogP contribution in [-0.4, -0.2) is 43.3 Å². The van der Waals surface area contributed by atoms with Gasteiger partial charge in [0.25, 0.3) is 0 Å². The molecular weight excluding hydrogens is 479 g/mol. The largest absolute Gasteiger partial charge is 0.416 e. The number of amides is 2. The number of hydrogen-bond donors (Lipinski definition) is 3. The highest BCUT2D eigenvalue weighted by atomic mass is 32.2. The van der Waals surface area contributed by atoms with Gasteiger partial charge < -0.3 is 10.6 Å². The lowest BCUT2D eigenvalue weighted by Gasteiger charge is -2.30. The van der Waals surface area contributed by atoms with Crippen molar-refractivity contribution in [1.82, 2.24) is 10.6 Å². The van der Waals surface area contributed by atoms with Gasteiger partial charge in [0.2, 0.25) is 11.8 Å². The van der Waals surface area contributed by atoms with E-state index in [2.05, 4.69) is 16.0 Å². The number of benzene rings is 2. The average molecular weight is 502 g/mol. The van der Waals surface area contributed by atoms with E-state index in [1.54, 1.807) is 26.0 Å². The Hall–Kier alpha value is -2.57. The monoisotopic (exact) mass is 501 g/mol. The van der Waals surface area contributed by atoms with Gasteiger partial charge >= 0.3 is 6.18 Å². The fourth-order valence-electron chi connectivity index (χ4n) is 3.23. The average Bonchev–Trinajstić information content (AvgIpc) is 2.73. The molecule has 0 bridgehead atoms. The molecule has 3 N–H and O–H groups in total. The Balaban J connectivity index is 1.57. The molecule has 7 nitrogen and oxygen atoms in total. The molecule has 1 aliphatic heterocycles. The van der Waals surface area contributed by atoms with Gasteiger partial charge in [-0.3, -0.25) is 14.9 Å². The molecular formula is C21H22F3N3O4S2. The van der Waals surface area contributed by atoms with Crippen LogP contribution in [0.5, 0.6) is 0 Å². The third-order valence-corrected chi connectivity index (χ3v) is 8.16. The molecule has 1 heterocycles. The van der Waals surface area contributed by atoms with Gasteiger partial charge in [-0.05, 0) is 49.2 Å². The quantitative estimate of drug-likeness (QED) is 0.563. The van der Waals surface area contributed by atoms with E-state index in [-0.39, 0.29) is 22.9 Å². The lowest BCUT2D eigenvalue weighted by atomic mass is 10.2. The van der Waals surface area contributed by atoms with Crippen molar-refractivity contribution in [3.63, 3.8) is 0 Å². The van der Waals surface area contributed by atoms with Crippen LogP contribution in [0.15, 0.2) is 47.4 Å².